The number of amides is 1. The van der Waals surface area contributed by atoms with E-state index in [1.165, 1.54) is 32.1 Å². The Morgan fingerprint density at radius 2 is 1.74 bits per heavy atom. The van der Waals surface area contributed by atoms with Gasteiger partial charge in [-0.25, -0.2) is 4.39 Å². The molecule has 42 heavy (non-hydrogen) atoms. The number of ether oxygens (including phenoxy) is 3. The van der Waals surface area contributed by atoms with Gasteiger partial charge in [0.15, 0.2) is 5.78 Å². The predicted molar refractivity (Wildman–Crippen MR) is 152 cm³/mol. The molecule has 0 aromatic heterocycles. The van der Waals surface area contributed by atoms with E-state index in [4.69, 9.17) is 14.2 Å². The van der Waals surface area contributed by atoms with Crippen molar-refractivity contribution in [1.82, 2.24) is 20.0 Å². The number of hydrogen-bond acceptors (Lipinski definition) is 8. The van der Waals surface area contributed by atoms with Crippen molar-refractivity contribution in [2.24, 2.45) is 17.8 Å². The van der Waals surface area contributed by atoms with Crippen LogP contribution in [-0.4, -0.2) is 128 Å². The summed E-state index contributed by atoms with van der Waals surface area (Å²) in [5, 5.41) is 3.56. The molecule has 4 saturated heterocycles. The second kappa shape index (κ2) is 11.4. The van der Waals surface area contributed by atoms with Gasteiger partial charge in [-0.05, 0) is 69.9 Å². The van der Waals surface area contributed by atoms with Crippen LogP contribution in [0.5, 0.6) is 0 Å². The fourth-order valence-electron chi connectivity index (χ4n) is 9.95. The Balaban J connectivity index is 1.10. The third kappa shape index (κ3) is 4.75. The molecule has 3 saturated carbocycles. The first-order chi connectivity index (χ1) is 20.6. The lowest BCUT2D eigenvalue weighted by molar-refractivity contribution is -0.209. The molecule has 0 spiro atoms. The van der Waals surface area contributed by atoms with E-state index < -0.39 is 24.2 Å². The zero-order valence-corrected chi connectivity index (χ0v) is 24.7. The number of morpholine rings is 2. The summed E-state index contributed by atoms with van der Waals surface area (Å²) in [6, 6.07) is -0.705. The van der Waals surface area contributed by atoms with Gasteiger partial charge >= 0.3 is 0 Å². The van der Waals surface area contributed by atoms with Gasteiger partial charge in [-0.1, -0.05) is 12.8 Å². The molecule has 232 valence electrons. The number of ketones is 1. The Morgan fingerprint density at radius 1 is 0.929 bits per heavy atom. The maximum absolute atomic E-state index is 16.1. The van der Waals surface area contributed by atoms with Crippen LogP contribution in [0.1, 0.15) is 57.8 Å². The van der Waals surface area contributed by atoms with Gasteiger partial charge < -0.3 is 34.2 Å². The third-order valence-electron chi connectivity index (χ3n) is 12.0. The van der Waals surface area contributed by atoms with Gasteiger partial charge in [0.1, 0.15) is 6.17 Å². The molecule has 5 heterocycles. The lowest BCUT2D eigenvalue weighted by Crippen LogP contribution is -2.73. The van der Waals surface area contributed by atoms with Crippen LogP contribution in [0.15, 0.2) is 11.8 Å². The van der Waals surface area contributed by atoms with E-state index in [1.807, 2.05) is 6.20 Å². The Kier molecular flexibility index (Phi) is 7.58. The molecule has 0 radical (unpaired) electrons. The van der Waals surface area contributed by atoms with E-state index in [0.717, 1.165) is 38.9 Å². The van der Waals surface area contributed by atoms with Crippen LogP contribution in [0.4, 0.5) is 4.39 Å². The Labute approximate surface area is 248 Å². The maximum atomic E-state index is 16.1. The molecule has 8 aliphatic rings. The normalized spacial score (nSPS) is 45.1. The Hall–Kier alpha value is -1.59. The van der Waals surface area contributed by atoms with Crippen LogP contribution in [0, 0.1) is 17.8 Å². The minimum atomic E-state index is -1.20. The van der Waals surface area contributed by atoms with Crippen molar-refractivity contribution >= 4 is 11.7 Å². The third-order valence-corrected chi connectivity index (χ3v) is 12.0. The Morgan fingerprint density at radius 3 is 2.57 bits per heavy atom. The molecule has 3 aliphatic carbocycles. The highest BCUT2D eigenvalue weighted by Gasteiger charge is 2.61. The first-order valence-electron chi connectivity index (χ1n) is 16.9. The highest BCUT2D eigenvalue weighted by atomic mass is 19.1. The molecule has 8 rings (SSSR count). The van der Waals surface area contributed by atoms with E-state index in [1.54, 1.807) is 4.90 Å². The number of halogens is 1. The molecule has 0 aromatic rings. The van der Waals surface area contributed by atoms with Crippen molar-refractivity contribution in [1.29, 1.82) is 0 Å². The lowest BCUT2D eigenvalue weighted by atomic mass is 9.67. The van der Waals surface area contributed by atoms with E-state index >= 15 is 4.39 Å². The molecule has 1 amide bonds. The quantitative estimate of drug-likeness (QED) is 0.490. The smallest absolute Gasteiger partial charge is 0.259 e. The number of hydrogen-bond donors (Lipinski definition) is 1. The van der Waals surface area contributed by atoms with Gasteiger partial charge in [0.05, 0.1) is 61.3 Å². The van der Waals surface area contributed by atoms with Crippen molar-refractivity contribution in [3.63, 3.8) is 0 Å². The molecule has 7 fully saturated rings. The van der Waals surface area contributed by atoms with Crippen molar-refractivity contribution in [3.8, 4) is 0 Å². The molecule has 0 bridgehead atoms. The zero-order valence-electron chi connectivity index (χ0n) is 24.7. The monoisotopic (exact) mass is 586 g/mol. The minimum absolute atomic E-state index is 0.0251. The molecule has 0 aromatic carbocycles. The number of likely N-dealkylation sites (tertiary alicyclic amines) is 1. The number of fused-ring (bicyclic) bond motifs is 5. The maximum Gasteiger partial charge on any atom is 0.259 e. The second-order valence-corrected chi connectivity index (χ2v) is 14.1. The number of carbonyl (C=O) groups excluding carboxylic acids is 2. The van der Waals surface area contributed by atoms with Crippen LogP contribution in [0.3, 0.4) is 0 Å². The summed E-state index contributed by atoms with van der Waals surface area (Å²) in [5.74, 6) is 0.0250. The van der Waals surface area contributed by atoms with Crippen LogP contribution < -0.4 is 5.32 Å². The van der Waals surface area contributed by atoms with Gasteiger partial charge in [0, 0.05) is 38.3 Å². The number of carbonyl (C=O) groups is 2. The predicted octanol–water partition coefficient (Wildman–Crippen LogP) is 1.90. The number of rotatable bonds is 5. The highest BCUT2D eigenvalue weighted by Crippen LogP contribution is 2.52. The molecule has 9 nitrogen and oxygen atoms in total. The van der Waals surface area contributed by atoms with E-state index in [0.29, 0.717) is 50.8 Å². The highest BCUT2D eigenvalue weighted by molar-refractivity contribution is 6.20. The molecule has 10 heteroatoms. The van der Waals surface area contributed by atoms with Crippen molar-refractivity contribution in [3.05, 3.63) is 11.8 Å². The first-order valence-corrected chi connectivity index (χ1v) is 16.9. The average molecular weight is 587 g/mol. The van der Waals surface area contributed by atoms with Gasteiger partial charge in [-0.15, -0.1) is 0 Å². The molecule has 1 N–H and O–H groups in total. The van der Waals surface area contributed by atoms with Gasteiger partial charge in [-0.2, -0.15) is 0 Å². The summed E-state index contributed by atoms with van der Waals surface area (Å²) >= 11 is 0. The molecule has 11 atom stereocenters. The summed E-state index contributed by atoms with van der Waals surface area (Å²) in [4.78, 5) is 34.2. The van der Waals surface area contributed by atoms with Gasteiger partial charge in [0.25, 0.3) is 5.91 Å². The molecule has 5 aliphatic heterocycles. The van der Waals surface area contributed by atoms with E-state index in [9.17, 15) is 9.59 Å². The van der Waals surface area contributed by atoms with Gasteiger partial charge in [-0.3, -0.25) is 9.59 Å². The summed E-state index contributed by atoms with van der Waals surface area (Å²) in [6.45, 7) is 5.74. The fourth-order valence-corrected chi connectivity index (χ4v) is 9.95. The largest absolute Gasteiger partial charge is 0.378 e. The topological polar surface area (TPSA) is 83.6 Å². The summed E-state index contributed by atoms with van der Waals surface area (Å²) < 4.78 is 35.3. The van der Waals surface area contributed by atoms with Crippen molar-refractivity contribution in [2.45, 2.75) is 107 Å². The summed E-state index contributed by atoms with van der Waals surface area (Å²) in [6.07, 6.45) is 9.91. The van der Waals surface area contributed by atoms with Crippen molar-refractivity contribution < 1.29 is 28.2 Å². The van der Waals surface area contributed by atoms with E-state index in [-0.39, 0.29) is 48.0 Å². The van der Waals surface area contributed by atoms with Gasteiger partial charge in [0.2, 0.25) is 0 Å². The number of alkyl halides is 1. The molecular weight excluding hydrogens is 539 g/mol. The average Bonchev–Trinajstić information content (AvgIpc) is 3.66. The van der Waals surface area contributed by atoms with Crippen LogP contribution in [-0.2, 0) is 23.8 Å². The van der Waals surface area contributed by atoms with E-state index in [2.05, 4.69) is 15.1 Å². The number of nitrogens with zero attached hydrogens (tertiary/aromatic N) is 3. The number of Topliss-reactive ketones (excluding diaryl/α,β-unsaturated/α-hetero) is 1. The fraction of sp³-hybridized carbons (Fsp3) is 0.875. The minimum Gasteiger partial charge on any atom is -0.378 e. The number of nitrogens with one attached hydrogen (secondary N) is 1. The Bertz CT molecular complexity index is 1080. The SMILES string of the molecule is O=C1C(C(=O)N2CCOCC2)=CN2C3CC4OC5CCCCC5C4CC3OC3C(NCCN4CCCC4)C(F)CC1C32. The standard InChI is InChI=1S/C32H47FN4O5/c33-23-15-21-29-31(28(23)34-7-10-35-8-3-4-9-35)42-27-16-20-19-5-1-2-6-25(19)41-26(20)17-24(27)37(29)18-22(30(21)38)32(39)36-11-13-40-14-12-36/h18-21,23-29,31,34H,1-17H2. The van der Waals surface area contributed by atoms with Crippen LogP contribution in [0.2, 0.25) is 0 Å². The molecular formula is C32H47FN4O5. The summed E-state index contributed by atoms with van der Waals surface area (Å²) in [7, 11) is 0. The van der Waals surface area contributed by atoms with Crippen molar-refractivity contribution in [2.75, 3.05) is 52.5 Å². The second-order valence-electron chi connectivity index (χ2n) is 14.1. The van der Waals surface area contributed by atoms with Crippen LogP contribution in [0.25, 0.3) is 0 Å². The summed E-state index contributed by atoms with van der Waals surface area (Å²) in [5.41, 5.74) is 0.216. The first kappa shape index (κ1) is 27.9. The molecule has 11 unspecified atom stereocenters. The lowest BCUT2D eigenvalue weighted by Gasteiger charge is -2.60. The zero-order chi connectivity index (χ0) is 28.4. The van der Waals surface area contributed by atoms with Crippen LogP contribution >= 0.6 is 0 Å².